The van der Waals surface area contributed by atoms with E-state index in [1.807, 2.05) is 0 Å². The van der Waals surface area contributed by atoms with Gasteiger partial charge in [-0.2, -0.15) is 0 Å². The van der Waals surface area contributed by atoms with E-state index in [1.54, 1.807) is 0 Å². The van der Waals surface area contributed by atoms with Crippen LogP contribution in [-0.2, 0) is 37.4 Å². The molecule has 0 aromatic rings. The highest BCUT2D eigenvalue weighted by Crippen LogP contribution is 2.45. The number of hydrogen-bond donors (Lipinski definition) is 0. The van der Waals surface area contributed by atoms with Crippen molar-refractivity contribution in [1.29, 1.82) is 0 Å². The molecule has 0 radical (unpaired) electrons. The van der Waals surface area contributed by atoms with E-state index in [0.29, 0.717) is 32.3 Å². The van der Waals surface area contributed by atoms with Crippen LogP contribution in [0.4, 0.5) is 0 Å². The van der Waals surface area contributed by atoms with E-state index in [1.165, 1.54) is 6.92 Å². The normalized spacial score (nSPS) is 34.6. The van der Waals surface area contributed by atoms with Crippen molar-refractivity contribution in [2.75, 3.05) is 6.61 Å². The predicted octanol–water partition coefficient (Wildman–Crippen LogP) is 8.00. The average molecular weight is 683 g/mol. The highest BCUT2D eigenvalue weighted by molar-refractivity contribution is 6.74. The van der Waals surface area contributed by atoms with Crippen molar-refractivity contribution in [3.63, 3.8) is 0 Å². The van der Waals surface area contributed by atoms with E-state index >= 15 is 0 Å². The van der Waals surface area contributed by atoms with Gasteiger partial charge >= 0.3 is 5.97 Å². The molecular formula is C36H66O8Si2. The minimum atomic E-state index is -2.13. The fourth-order valence-corrected chi connectivity index (χ4v) is 8.98. The first-order valence-electron chi connectivity index (χ1n) is 17.7. The molecule has 10 atom stereocenters. The van der Waals surface area contributed by atoms with Gasteiger partial charge in [0.1, 0.15) is 12.4 Å². The van der Waals surface area contributed by atoms with E-state index in [-0.39, 0.29) is 70.6 Å². The molecule has 10 heteroatoms. The molecule has 0 amide bonds. The first-order valence-corrected chi connectivity index (χ1v) is 23.5. The Morgan fingerprint density at radius 3 is 2.13 bits per heavy atom. The summed E-state index contributed by atoms with van der Waals surface area (Å²) in [6.45, 7) is 33.5. The highest BCUT2D eigenvalue weighted by Gasteiger charge is 2.53. The molecule has 3 heterocycles. The predicted molar refractivity (Wildman–Crippen MR) is 188 cm³/mol. The summed E-state index contributed by atoms with van der Waals surface area (Å²) in [5.74, 6) is -0.157. The van der Waals surface area contributed by atoms with Gasteiger partial charge in [-0.05, 0) is 67.0 Å². The van der Waals surface area contributed by atoms with E-state index < -0.39 is 22.7 Å². The van der Waals surface area contributed by atoms with Crippen molar-refractivity contribution >= 4 is 28.9 Å². The van der Waals surface area contributed by atoms with E-state index in [9.17, 15) is 9.59 Å². The number of esters is 1. The first-order chi connectivity index (χ1) is 21.1. The molecule has 0 spiro atoms. The van der Waals surface area contributed by atoms with Crippen LogP contribution in [0.5, 0.6) is 0 Å². The van der Waals surface area contributed by atoms with Gasteiger partial charge in [0, 0.05) is 38.7 Å². The largest absolute Gasteiger partial charge is 0.459 e. The lowest BCUT2D eigenvalue weighted by Crippen LogP contribution is -2.63. The third-order valence-corrected chi connectivity index (χ3v) is 20.7. The number of hydrogen-bond acceptors (Lipinski definition) is 8. The second-order valence-electron chi connectivity index (χ2n) is 17.3. The Labute approximate surface area is 282 Å². The monoisotopic (exact) mass is 682 g/mol. The summed E-state index contributed by atoms with van der Waals surface area (Å²) in [5.41, 5.74) is 1.03. The fourth-order valence-electron chi connectivity index (χ4n) is 6.56. The van der Waals surface area contributed by atoms with Gasteiger partial charge in [-0.15, -0.1) is 0 Å². The summed E-state index contributed by atoms with van der Waals surface area (Å²) in [6.07, 6.45) is 3.10. The molecule has 0 aromatic heterocycles. The fraction of sp³-hybridized carbons (Fsp3) is 0.889. The Morgan fingerprint density at radius 2 is 1.57 bits per heavy atom. The maximum Gasteiger partial charge on any atom is 0.303 e. The van der Waals surface area contributed by atoms with E-state index in [2.05, 4.69) is 88.2 Å². The third-order valence-electron chi connectivity index (χ3n) is 11.6. The minimum Gasteiger partial charge on any atom is -0.459 e. The van der Waals surface area contributed by atoms with Crippen LogP contribution < -0.4 is 0 Å². The van der Waals surface area contributed by atoms with Gasteiger partial charge in [0.05, 0.1) is 42.7 Å². The summed E-state index contributed by atoms with van der Waals surface area (Å²) >= 11 is 0. The molecule has 0 saturated carbocycles. The molecule has 46 heavy (non-hydrogen) atoms. The second-order valence-corrected chi connectivity index (χ2v) is 26.8. The Hall–Kier alpha value is -0.886. The van der Waals surface area contributed by atoms with Gasteiger partial charge in [-0.3, -0.25) is 4.79 Å². The zero-order valence-corrected chi connectivity index (χ0v) is 33.3. The second kappa shape index (κ2) is 15.3. The van der Waals surface area contributed by atoms with Crippen molar-refractivity contribution < 1.29 is 37.4 Å². The molecular weight excluding hydrogens is 617 g/mol. The van der Waals surface area contributed by atoms with Crippen LogP contribution in [0.25, 0.3) is 0 Å². The molecule has 3 fully saturated rings. The van der Waals surface area contributed by atoms with Crippen molar-refractivity contribution in [2.24, 2.45) is 11.8 Å². The molecule has 3 aliphatic rings. The standard InChI is InChI=1S/C36H66O8Si2/c1-23-20-27(16-15-18-37)41-29(24(23)2)21-31-33(40-26(4)38)25(3)34-32(42-31)22-30(44-46(13,14)36(8,9)10)28(43-34)17-19-39-45(11,12)35(5,6)7/h18,23,25,27-34H,2,15-17,19-22H2,1,3-14H3/t23-,25+,27+,28-,29-,30-,31+,32+,33-,34+/m1/s1. The van der Waals surface area contributed by atoms with Crippen molar-refractivity contribution in [3.05, 3.63) is 12.2 Å². The molecule has 266 valence electrons. The van der Waals surface area contributed by atoms with Gasteiger partial charge in [0.15, 0.2) is 16.6 Å². The van der Waals surface area contributed by atoms with E-state index in [0.717, 1.165) is 24.7 Å². The van der Waals surface area contributed by atoms with Gasteiger partial charge in [0.2, 0.25) is 0 Å². The van der Waals surface area contributed by atoms with Gasteiger partial charge in [-0.25, -0.2) is 0 Å². The molecule has 8 nitrogen and oxygen atoms in total. The SMILES string of the molecule is C=C1[C@H](C)C[C@H](CCC=O)O[C@@H]1C[C@@H]1O[C@H]2C[C@@H](O[Si](C)(C)C(C)(C)C)[C@@H](CCO[Si](C)(C)C(C)(C)C)O[C@H]2[C@@H](C)[C@H]1OC(C)=O. The summed E-state index contributed by atoms with van der Waals surface area (Å²) in [4.78, 5) is 23.5. The van der Waals surface area contributed by atoms with Crippen LogP contribution in [0.3, 0.4) is 0 Å². The Balaban J connectivity index is 1.86. The molecule has 0 aromatic carbocycles. The Morgan fingerprint density at radius 1 is 0.935 bits per heavy atom. The quantitative estimate of drug-likeness (QED) is 0.0886. The lowest BCUT2D eigenvalue weighted by Gasteiger charge is -2.53. The van der Waals surface area contributed by atoms with Crippen LogP contribution in [0, 0.1) is 11.8 Å². The Kier molecular flexibility index (Phi) is 13.2. The van der Waals surface area contributed by atoms with Gasteiger partial charge in [-0.1, -0.05) is 62.0 Å². The van der Waals surface area contributed by atoms with Crippen molar-refractivity contribution in [2.45, 2.75) is 186 Å². The minimum absolute atomic E-state index is 0.00804. The molecule has 0 unspecified atom stereocenters. The number of aldehydes is 1. The maximum atomic E-state index is 12.4. The zero-order valence-electron chi connectivity index (χ0n) is 31.3. The number of ether oxygens (including phenoxy) is 4. The molecule has 3 saturated heterocycles. The van der Waals surface area contributed by atoms with Gasteiger partial charge < -0.3 is 32.6 Å². The molecule has 0 bridgehead atoms. The topological polar surface area (TPSA) is 89.5 Å². The van der Waals surface area contributed by atoms with Crippen LogP contribution in [-0.4, -0.2) is 84.3 Å². The number of fused-ring (bicyclic) bond motifs is 1. The number of carbonyl (C=O) groups excluding carboxylic acids is 2. The third kappa shape index (κ3) is 9.63. The summed E-state index contributed by atoms with van der Waals surface area (Å²) in [7, 11) is -4.06. The number of rotatable bonds is 12. The smallest absolute Gasteiger partial charge is 0.303 e. The van der Waals surface area contributed by atoms with E-state index in [4.69, 9.17) is 27.8 Å². The summed E-state index contributed by atoms with van der Waals surface area (Å²) in [5, 5.41) is 0.172. The van der Waals surface area contributed by atoms with Crippen LogP contribution in [0.1, 0.15) is 101 Å². The van der Waals surface area contributed by atoms with Crippen LogP contribution in [0.2, 0.25) is 36.3 Å². The lowest BCUT2D eigenvalue weighted by atomic mass is 9.79. The molecule has 0 N–H and O–H groups in total. The summed E-state index contributed by atoms with van der Waals surface area (Å²) < 4.78 is 40.0. The highest BCUT2D eigenvalue weighted by atomic mass is 28.4. The Bertz CT molecular complexity index is 1050. The lowest BCUT2D eigenvalue weighted by molar-refractivity contribution is -0.271. The summed E-state index contributed by atoms with van der Waals surface area (Å²) in [6, 6.07) is 0. The van der Waals surface area contributed by atoms with Crippen LogP contribution >= 0.6 is 0 Å². The molecule has 3 aliphatic heterocycles. The van der Waals surface area contributed by atoms with Crippen molar-refractivity contribution in [3.8, 4) is 0 Å². The molecule has 0 aliphatic carbocycles. The van der Waals surface area contributed by atoms with Crippen LogP contribution in [0.15, 0.2) is 12.2 Å². The average Bonchev–Trinajstić information content (AvgIpc) is 2.91. The first kappa shape index (κ1) is 39.6. The maximum absolute atomic E-state index is 12.4. The van der Waals surface area contributed by atoms with Gasteiger partial charge in [0.25, 0.3) is 0 Å². The zero-order chi connectivity index (χ0) is 34.8. The molecule has 3 rings (SSSR count). The van der Waals surface area contributed by atoms with Crippen molar-refractivity contribution in [1.82, 2.24) is 0 Å². The number of carbonyl (C=O) groups is 2.